The molecule has 0 saturated carbocycles. The fraction of sp³-hybridized carbons (Fsp3) is 0.643. The molecule has 0 radical (unpaired) electrons. The Balaban J connectivity index is 1.95. The van der Waals surface area contributed by atoms with Crippen molar-refractivity contribution in [1.29, 1.82) is 0 Å². The molecule has 7 heteroatoms. The van der Waals surface area contributed by atoms with Crippen LogP contribution in [0.4, 0.5) is 5.13 Å². The van der Waals surface area contributed by atoms with E-state index < -0.39 is 0 Å². The van der Waals surface area contributed by atoms with Crippen LogP contribution in [0.15, 0.2) is 0 Å². The maximum atomic E-state index is 12.1. The number of thiazole rings is 1. The standard InChI is InChI=1S/C14H22N4O2S/c1-3-10-9(2)21-14(16-10)17-12(19)8-18-7-5-4-6-11(18)13(15)20/h11H,3-8H2,1-2H3,(H2,15,20)(H,16,17,19). The first-order chi connectivity index (χ1) is 10.0. The first-order valence-electron chi connectivity index (χ1n) is 7.30. The molecule has 116 valence electrons. The van der Waals surface area contributed by atoms with E-state index in [1.165, 1.54) is 11.3 Å². The van der Waals surface area contributed by atoms with Gasteiger partial charge in [0, 0.05) is 4.88 Å². The highest BCUT2D eigenvalue weighted by molar-refractivity contribution is 7.15. The normalized spacial score (nSPS) is 19.4. The van der Waals surface area contributed by atoms with Crippen molar-refractivity contribution in [2.24, 2.45) is 5.73 Å². The second-order valence-electron chi connectivity index (χ2n) is 5.31. The zero-order valence-corrected chi connectivity index (χ0v) is 13.3. The summed E-state index contributed by atoms with van der Waals surface area (Å²) < 4.78 is 0. The highest BCUT2D eigenvalue weighted by Crippen LogP contribution is 2.22. The zero-order valence-electron chi connectivity index (χ0n) is 12.5. The van der Waals surface area contributed by atoms with E-state index in [-0.39, 0.29) is 24.4 Å². The molecule has 1 fully saturated rings. The van der Waals surface area contributed by atoms with E-state index in [0.717, 1.165) is 42.8 Å². The fourth-order valence-corrected chi connectivity index (χ4v) is 3.57. The van der Waals surface area contributed by atoms with Gasteiger partial charge in [-0.15, -0.1) is 11.3 Å². The van der Waals surface area contributed by atoms with Crippen LogP contribution in [0.3, 0.4) is 0 Å². The van der Waals surface area contributed by atoms with Crippen molar-refractivity contribution in [2.75, 3.05) is 18.4 Å². The average molecular weight is 310 g/mol. The molecular formula is C14H22N4O2S. The van der Waals surface area contributed by atoms with Crippen molar-refractivity contribution in [2.45, 2.75) is 45.6 Å². The van der Waals surface area contributed by atoms with E-state index in [1.807, 2.05) is 18.7 Å². The Morgan fingerprint density at radius 3 is 2.86 bits per heavy atom. The lowest BCUT2D eigenvalue weighted by atomic mass is 10.0. The van der Waals surface area contributed by atoms with Gasteiger partial charge in [-0.05, 0) is 32.7 Å². The maximum absolute atomic E-state index is 12.1. The summed E-state index contributed by atoms with van der Waals surface area (Å²) in [5, 5.41) is 3.45. The third kappa shape index (κ3) is 4.01. The second-order valence-corrected chi connectivity index (χ2v) is 6.51. The van der Waals surface area contributed by atoms with Crippen molar-refractivity contribution >= 4 is 28.3 Å². The van der Waals surface area contributed by atoms with Crippen LogP contribution < -0.4 is 11.1 Å². The molecule has 6 nitrogen and oxygen atoms in total. The third-order valence-electron chi connectivity index (χ3n) is 3.76. The van der Waals surface area contributed by atoms with Crippen LogP contribution in [-0.2, 0) is 16.0 Å². The number of nitrogens with two attached hydrogens (primary N) is 1. The molecule has 3 N–H and O–H groups in total. The molecule has 0 aliphatic carbocycles. The number of aromatic nitrogens is 1. The number of hydrogen-bond acceptors (Lipinski definition) is 5. The number of nitrogens with one attached hydrogen (secondary N) is 1. The molecule has 1 aromatic heterocycles. The predicted molar refractivity (Wildman–Crippen MR) is 83.3 cm³/mol. The van der Waals surface area contributed by atoms with Gasteiger partial charge in [-0.2, -0.15) is 0 Å². The summed E-state index contributed by atoms with van der Waals surface area (Å²) in [6.07, 6.45) is 3.57. The molecule has 1 saturated heterocycles. The number of amides is 2. The molecule has 21 heavy (non-hydrogen) atoms. The SMILES string of the molecule is CCc1nc(NC(=O)CN2CCCCC2C(N)=O)sc1C. The van der Waals surface area contributed by atoms with E-state index in [0.29, 0.717) is 5.13 Å². The minimum atomic E-state index is -0.346. The summed E-state index contributed by atoms with van der Waals surface area (Å²) in [6, 6.07) is -0.325. The highest BCUT2D eigenvalue weighted by Gasteiger charge is 2.28. The van der Waals surface area contributed by atoms with Crippen molar-refractivity contribution in [1.82, 2.24) is 9.88 Å². The van der Waals surface area contributed by atoms with Crippen molar-refractivity contribution < 1.29 is 9.59 Å². The summed E-state index contributed by atoms with van der Waals surface area (Å²) in [7, 11) is 0. The Hall–Kier alpha value is -1.47. The highest BCUT2D eigenvalue weighted by atomic mass is 32.1. The number of anilines is 1. The number of primary amides is 1. The second kappa shape index (κ2) is 7.00. The van der Waals surface area contributed by atoms with Crippen LogP contribution in [0.1, 0.15) is 36.8 Å². The lowest BCUT2D eigenvalue weighted by Crippen LogP contribution is -2.50. The van der Waals surface area contributed by atoms with Crippen LogP contribution in [-0.4, -0.2) is 40.8 Å². The zero-order chi connectivity index (χ0) is 15.4. The summed E-state index contributed by atoms with van der Waals surface area (Å²) in [5.74, 6) is -0.486. The first kappa shape index (κ1) is 15.9. The molecule has 0 bridgehead atoms. The summed E-state index contributed by atoms with van der Waals surface area (Å²) in [4.78, 5) is 30.9. The molecule has 2 amide bonds. The Morgan fingerprint density at radius 2 is 2.24 bits per heavy atom. The number of carbonyl (C=O) groups excluding carboxylic acids is 2. The number of carbonyl (C=O) groups is 2. The van der Waals surface area contributed by atoms with Crippen LogP contribution >= 0.6 is 11.3 Å². The van der Waals surface area contributed by atoms with E-state index in [1.54, 1.807) is 0 Å². The summed E-state index contributed by atoms with van der Waals surface area (Å²) in [5.41, 5.74) is 6.42. The van der Waals surface area contributed by atoms with E-state index in [4.69, 9.17) is 5.73 Å². The van der Waals surface area contributed by atoms with Crippen LogP contribution in [0.25, 0.3) is 0 Å². The van der Waals surface area contributed by atoms with Gasteiger partial charge in [-0.3, -0.25) is 14.5 Å². The quantitative estimate of drug-likeness (QED) is 0.858. The summed E-state index contributed by atoms with van der Waals surface area (Å²) >= 11 is 1.48. The minimum Gasteiger partial charge on any atom is -0.368 e. The van der Waals surface area contributed by atoms with Gasteiger partial charge in [0.05, 0.1) is 18.3 Å². The molecule has 1 atom stereocenters. The van der Waals surface area contributed by atoms with Crippen molar-refractivity contribution in [3.63, 3.8) is 0 Å². The Morgan fingerprint density at radius 1 is 1.48 bits per heavy atom. The van der Waals surface area contributed by atoms with Crippen molar-refractivity contribution in [3.8, 4) is 0 Å². The first-order valence-corrected chi connectivity index (χ1v) is 8.12. The van der Waals surface area contributed by atoms with Gasteiger partial charge in [0.2, 0.25) is 11.8 Å². The fourth-order valence-electron chi connectivity index (χ4n) is 2.66. The van der Waals surface area contributed by atoms with E-state index >= 15 is 0 Å². The van der Waals surface area contributed by atoms with Gasteiger partial charge in [0.15, 0.2) is 5.13 Å². The van der Waals surface area contributed by atoms with E-state index in [9.17, 15) is 9.59 Å². The van der Waals surface area contributed by atoms with Crippen LogP contribution in [0.5, 0.6) is 0 Å². The largest absolute Gasteiger partial charge is 0.368 e. The van der Waals surface area contributed by atoms with Gasteiger partial charge in [-0.1, -0.05) is 13.3 Å². The lowest BCUT2D eigenvalue weighted by molar-refractivity contribution is -0.126. The van der Waals surface area contributed by atoms with Gasteiger partial charge in [0.1, 0.15) is 0 Å². The Labute approximate surface area is 128 Å². The van der Waals surface area contributed by atoms with Gasteiger partial charge >= 0.3 is 0 Å². The van der Waals surface area contributed by atoms with Crippen LogP contribution in [0, 0.1) is 6.92 Å². The predicted octanol–water partition coefficient (Wildman–Crippen LogP) is 1.29. The van der Waals surface area contributed by atoms with Crippen LogP contribution in [0.2, 0.25) is 0 Å². The number of likely N-dealkylation sites (tertiary alicyclic amines) is 1. The molecular weight excluding hydrogens is 288 g/mol. The van der Waals surface area contributed by atoms with Gasteiger partial charge in [0.25, 0.3) is 0 Å². The molecule has 1 unspecified atom stereocenters. The third-order valence-corrected chi connectivity index (χ3v) is 4.69. The smallest absolute Gasteiger partial charge is 0.240 e. The van der Waals surface area contributed by atoms with Crippen molar-refractivity contribution in [3.05, 3.63) is 10.6 Å². The average Bonchev–Trinajstić information content (AvgIpc) is 2.78. The lowest BCUT2D eigenvalue weighted by Gasteiger charge is -2.32. The number of rotatable bonds is 5. The molecule has 2 heterocycles. The maximum Gasteiger partial charge on any atom is 0.240 e. The van der Waals surface area contributed by atoms with E-state index in [2.05, 4.69) is 10.3 Å². The molecule has 0 spiro atoms. The number of piperidine rings is 1. The molecule has 2 rings (SSSR count). The van der Waals surface area contributed by atoms with Gasteiger partial charge in [-0.25, -0.2) is 4.98 Å². The Bertz CT molecular complexity index is 529. The van der Waals surface area contributed by atoms with Gasteiger partial charge < -0.3 is 11.1 Å². The number of nitrogens with zero attached hydrogens (tertiary/aromatic N) is 2. The molecule has 1 aliphatic heterocycles. The molecule has 1 aliphatic rings. The number of aryl methyl sites for hydroxylation is 2. The monoisotopic (exact) mass is 310 g/mol. The minimum absolute atomic E-state index is 0.139. The molecule has 1 aromatic rings. The topological polar surface area (TPSA) is 88.3 Å². The Kier molecular flexibility index (Phi) is 5.30. The number of hydrogen-bond donors (Lipinski definition) is 2. The molecule has 0 aromatic carbocycles. The summed E-state index contributed by atoms with van der Waals surface area (Å²) in [6.45, 7) is 4.96.